The van der Waals surface area contributed by atoms with Gasteiger partial charge in [0.1, 0.15) is 12.2 Å². The van der Waals surface area contributed by atoms with Crippen molar-refractivity contribution in [3.05, 3.63) is 58.0 Å². The first kappa shape index (κ1) is 17.4. The molecule has 1 unspecified atom stereocenters. The lowest BCUT2D eigenvalue weighted by atomic mass is 10.1. The molecule has 1 atom stereocenters. The predicted molar refractivity (Wildman–Crippen MR) is 93.5 cm³/mol. The number of amides is 2. The van der Waals surface area contributed by atoms with E-state index >= 15 is 0 Å². The van der Waals surface area contributed by atoms with Crippen LogP contribution in [0.2, 0.25) is 0 Å². The zero-order valence-electron chi connectivity index (χ0n) is 14.4. The molecule has 8 heteroatoms. The van der Waals surface area contributed by atoms with Crippen LogP contribution in [0.15, 0.2) is 41.2 Å². The molecule has 1 aliphatic rings. The molecule has 1 aromatic heterocycles. The Kier molecular flexibility index (Phi) is 4.54. The molecule has 132 valence electrons. The first-order valence-electron chi connectivity index (χ1n) is 8.06. The average Bonchev–Trinajstić information content (AvgIpc) is 2.65. The third-order valence-electron chi connectivity index (χ3n) is 4.33. The molecule has 1 aliphatic heterocycles. The maximum absolute atomic E-state index is 12.7. The number of anilines is 1. The van der Waals surface area contributed by atoms with Gasteiger partial charge in [-0.05, 0) is 37.3 Å². The van der Waals surface area contributed by atoms with E-state index in [1.165, 1.54) is 24.1 Å². The van der Waals surface area contributed by atoms with Crippen LogP contribution in [-0.4, -0.2) is 45.6 Å². The van der Waals surface area contributed by atoms with Crippen LogP contribution in [0, 0.1) is 11.3 Å². The number of rotatable bonds is 2. The SMILES string of the molecule is CC1CN(c2ccc(C#N)cc2)C(=O)CN1C(=O)c1ccc(=O)n(C)n1. The van der Waals surface area contributed by atoms with E-state index in [4.69, 9.17) is 5.26 Å². The van der Waals surface area contributed by atoms with E-state index in [-0.39, 0.29) is 35.7 Å². The van der Waals surface area contributed by atoms with Crippen molar-refractivity contribution in [2.24, 2.45) is 7.05 Å². The average molecular weight is 351 g/mol. The second kappa shape index (κ2) is 6.80. The summed E-state index contributed by atoms with van der Waals surface area (Å²) in [4.78, 5) is 39.7. The normalized spacial score (nSPS) is 17.1. The summed E-state index contributed by atoms with van der Waals surface area (Å²) in [6.45, 7) is 2.11. The third-order valence-corrected chi connectivity index (χ3v) is 4.33. The largest absolute Gasteiger partial charge is 0.323 e. The van der Waals surface area contributed by atoms with Gasteiger partial charge in [-0.3, -0.25) is 14.4 Å². The van der Waals surface area contributed by atoms with Crippen LogP contribution in [0.4, 0.5) is 5.69 Å². The lowest BCUT2D eigenvalue weighted by Gasteiger charge is -2.39. The fourth-order valence-corrected chi connectivity index (χ4v) is 2.85. The van der Waals surface area contributed by atoms with E-state index in [0.717, 1.165) is 4.68 Å². The Morgan fingerprint density at radius 2 is 1.88 bits per heavy atom. The number of carbonyl (C=O) groups excluding carboxylic acids is 2. The van der Waals surface area contributed by atoms with Crippen LogP contribution in [-0.2, 0) is 11.8 Å². The maximum atomic E-state index is 12.7. The smallest absolute Gasteiger partial charge is 0.275 e. The highest BCUT2D eigenvalue weighted by Crippen LogP contribution is 2.21. The molecule has 3 rings (SSSR count). The van der Waals surface area contributed by atoms with Gasteiger partial charge in [-0.15, -0.1) is 0 Å². The standard InChI is InChI=1S/C18H17N5O3/c1-12-10-23(14-5-3-13(9-19)4-6-14)17(25)11-22(12)18(26)15-7-8-16(24)21(2)20-15/h3-8,12H,10-11H2,1-2H3. The van der Waals surface area contributed by atoms with Crippen molar-refractivity contribution in [1.29, 1.82) is 5.26 Å². The molecular formula is C18H17N5O3. The Morgan fingerprint density at radius 3 is 2.50 bits per heavy atom. The summed E-state index contributed by atoms with van der Waals surface area (Å²) in [5.74, 6) is -0.605. The fraction of sp³-hybridized carbons (Fsp3) is 0.278. The highest BCUT2D eigenvalue weighted by Gasteiger charge is 2.34. The van der Waals surface area contributed by atoms with Gasteiger partial charge in [0, 0.05) is 31.4 Å². The highest BCUT2D eigenvalue weighted by molar-refractivity contribution is 6.01. The van der Waals surface area contributed by atoms with E-state index in [9.17, 15) is 14.4 Å². The summed E-state index contributed by atoms with van der Waals surface area (Å²) < 4.78 is 1.09. The van der Waals surface area contributed by atoms with Gasteiger partial charge >= 0.3 is 0 Å². The van der Waals surface area contributed by atoms with Crippen molar-refractivity contribution in [1.82, 2.24) is 14.7 Å². The number of nitriles is 1. The van der Waals surface area contributed by atoms with Crippen molar-refractivity contribution in [3.8, 4) is 6.07 Å². The molecule has 2 aromatic rings. The van der Waals surface area contributed by atoms with Crippen LogP contribution in [0.1, 0.15) is 23.0 Å². The third kappa shape index (κ3) is 3.19. The lowest BCUT2D eigenvalue weighted by molar-refractivity contribution is -0.121. The minimum Gasteiger partial charge on any atom is -0.323 e. The molecule has 0 N–H and O–H groups in total. The van der Waals surface area contributed by atoms with Crippen LogP contribution in [0.5, 0.6) is 0 Å². The zero-order chi connectivity index (χ0) is 18.8. The summed E-state index contributed by atoms with van der Waals surface area (Å²) in [5, 5.41) is 12.8. The van der Waals surface area contributed by atoms with Gasteiger partial charge in [-0.2, -0.15) is 10.4 Å². The summed E-state index contributed by atoms with van der Waals surface area (Å²) in [7, 11) is 1.47. The first-order chi connectivity index (χ1) is 12.4. The minimum absolute atomic E-state index is 0.0788. The molecule has 1 aromatic carbocycles. The van der Waals surface area contributed by atoms with E-state index in [1.54, 1.807) is 29.2 Å². The number of benzene rings is 1. The molecule has 0 aliphatic carbocycles. The summed E-state index contributed by atoms with van der Waals surface area (Å²) >= 11 is 0. The summed E-state index contributed by atoms with van der Waals surface area (Å²) in [6.07, 6.45) is 0. The van der Waals surface area contributed by atoms with E-state index < -0.39 is 0 Å². The Hall–Kier alpha value is -3.47. The van der Waals surface area contributed by atoms with Crippen molar-refractivity contribution in [2.75, 3.05) is 18.0 Å². The number of carbonyl (C=O) groups is 2. The molecule has 0 spiro atoms. The Labute approximate surface area is 149 Å². The summed E-state index contributed by atoms with van der Waals surface area (Å²) in [6, 6.07) is 11.2. The topological polar surface area (TPSA) is 99.3 Å². The Balaban J connectivity index is 1.80. The maximum Gasteiger partial charge on any atom is 0.275 e. The Bertz CT molecular complexity index is 958. The van der Waals surface area contributed by atoms with Crippen LogP contribution >= 0.6 is 0 Å². The molecule has 26 heavy (non-hydrogen) atoms. The van der Waals surface area contributed by atoms with Gasteiger partial charge in [0.05, 0.1) is 11.6 Å². The Morgan fingerprint density at radius 1 is 1.19 bits per heavy atom. The van der Waals surface area contributed by atoms with Gasteiger partial charge in [0.2, 0.25) is 5.91 Å². The van der Waals surface area contributed by atoms with Crippen molar-refractivity contribution >= 4 is 17.5 Å². The molecule has 1 fully saturated rings. The monoisotopic (exact) mass is 351 g/mol. The van der Waals surface area contributed by atoms with Gasteiger partial charge in [0.15, 0.2) is 0 Å². The van der Waals surface area contributed by atoms with Gasteiger partial charge < -0.3 is 9.80 Å². The number of piperazine rings is 1. The fourth-order valence-electron chi connectivity index (χ4n) is 2.85. The highest BCUT2D eigenvalue weighted by atomic mass is 16.2. The van der Waals surface area contributed by atoms with E-state index in [1.807, 2.05) is 13.0 Å². The molecular weight excluding hydrogens is 334 g/mol. The lowest BCUT2D eigenvalue weighted by Crippen LogP contribution is -2.57. The van der Waals surface area contributed by atoms with Crippen molar-refractivity contribution in [2.45, 2.75) is 13.0 Å². The van der Waals surface area contributed by atoms with Gasteiger partial charge in [0.25, 0.3) is 11.5 Å². The number of aryl methyl sites for hydroxylation is 1. The first-order valence-corrected chi connectivity index (χ1v) is 8.06. The second-order valence-corrected chi connectivity index (χ2v) is 6.13. The molecule has 0 radical (unpaired) electrons. The molecule has 0 bridgehead atoms. The van der Waals surface area contributed by atoms with Gasteiger partial charge in [-0.1, -0.05) is 0 Å². The number of aromatic nitrogens is 2. The molecule has 1 saturated heterocycles. The minimum atomic E-state index is -0.388. The van der Waals surface area contributed by atoms with E-state index in [0.29, 0.717) is 17.8 Å². The van der Waals surface area contributed by atoms with Crippen LogP contribution in [0.25, 0.3) is 0 Å². The van der Waals surface area contributed by atoms with Gasteiger partial charge in [-0.25, -0.2) is 4.68 Å². The van der Waals surface area contributed by atoms with Crippen molar-refractivity contribution in [3.63, 3.8) is 0 Å². The molecule has 8 nitrogen and oxygen atoms in total. The van der Waals surface area contributed by atoms with Crippen molar-refractivity contribution < 1.29 is 9.59 Å². The predicted octanol–water partition coefficient (Wildman–Crippen LogP) is 0.529. The van der Waals surface area contributed by atoms with E-state index in [2.05, 4.69) is 5.10 Å². The number of hydrogen-bond donors (Lipinski definition) is 0. The molecule has 2 amide bonds. The van der Waals surface area contributed by atoms with Crippen LogP contribution < -0.4 is 10.5 Å². The van der Waals surface area contributed by atoms with Crippen LogP contribution in [0.3, 0.4) is 0 Å². The number of hydrogen-bond acceptors (Lipinski definition) is 5. The molecule has 0 saturated carbocycles. The summed E-state index contributed by atoms with van der Waals surface area (Å²) in [5.41, 5.74) is 1.02. The molecule has 2 heterocycles. The number of nitrogens with zero attached hydrogens (tertiary/aromatic N) is 5. The second-order valence-electron chi connectivity index (χ2n) is 6.13. The zero-order valence-corrected chi connectivity index (χ0v) is 14.4. The quantitative estimate of drug-likeness (QED) is 0.786.